The second-order valence-corrected chi connectivity index (χ2v) is 6.76. The molecule has 92 valence electrons. The summed E-state index contributed by atoms with van der Waals surface area (Å²) in [5.74, 6) is 0.200. The molecule has 1 unspecified atom stereocenters. The molecular weight excluding hydrogens is 353 g/mol. The summed E-state index contributed by atoms with van der Waals surface area (Å²) in [7, 11) is 0. The molecular formula is C10H12IN3O2S. The van der Waals surface area contributed by atoms with E-state index in [0.29, 0.717) is 11.5 Å². The molecule has 1 atom stereocenters. The standard InChI is InChI=1S/C10H12IN3O2S/c11-7-3-6(4-17-7)10(15)13-8(5-1-2-5)9(12)14-16/h3-5,8,16H,1-2H2,(H2,12,14)(H,13,15). The van der Waals surface area contributed by atoms with Gasteiger partial charge in [0.1, 0.15) is 0 Å². The number of carbonyl (C=O) groups is 1. The van der Waals surface area contributed by atoms with Crippen LogP contribution in [0.2, 0.25) is 0 Å². The van der Waals surface area contributed by atoms with E-state index in [1.807, 2.05) is 6.07 Å². The Labute approximate surface area is 116 Å². The van der Waals surface area contributed by atoms with Crippen LogP contribution in [0.3, 0.4) is 0 Å². The smallest absolute Gasteiger partial charge is 0.252 e. The number of halogens is 1. The van der Waals surface area contributed by atoms with Crippen molar-refractivity contribution in [3.63, 3.8) is 0 Å². The summed E-state index contributed by atoms with van der Waals surface area (Å²) >= 11 is 3.68. The number of hydrogen-bond acceptors (Lipinski definition) is 4. The van der Waals surface area contributed by atoms with Crippen molar-refractivity contribution < 1.29 is 10.0 Å². The van der Waals surface area contributed by atoms with E-state index in [9.17, 15) is 4.79 Å². The van der Waals surface area contributed by atoms with Gasteiger partial charge < -0.3 is 16.3 Å². The topological polar surface area (TPSA) is 87.7 Å². The van der Waals surface area contributed by atoms with Gasteiger partial charge in [-0.3, -0.25) is 4.79 Å². The van der Waals surface area contributed by atoms with Crippen molar-refractivity contribution in [1.29, 1.82) is 0 Å². The van der Waals surface area contributed by atoms with E-state index in [-0.39, 0.29) is 17.8 Å². The van der Waals surface area contributed by atoms with Crippen LogP contribution in [0.1, 0.15) is 23.2 Å². The molecule has 1 aromatic heterocycles. The zero-order valence-electron chi connectivity index (χ0n) is 8.89. The van der Waals surface area contributed by atoms with Gasteiger partial charge in [-0.15, -0.1) is 11.3 Å². The predicted octanol–water partition coefficient (Wildman–Crippen LogP) is 1.61. The summed E-state index contributed by atoms with van der Waals surface area (Å²) in [5.41, 5.74) is 6.20. The third-order valence-electron chi connectivity index (χ3n) is 2.64. The highest BCUT2D eigenvalue weighted by atomic mass is 127. The highest BCUT2D eigenvalue weighted by Gasteiger charge is 2.35. The van der Waals surface area contributed by atoms with Gasteiger partial charge in [0.2, 0.25) is 0 Å². The van der Waals surface area contributed by atoms with Gasteiger partial charge in [-0.2, -0.15) is 0 Å². The molecule has 0 bridgehead atoms. The minimum atomic E-state index is -0.356. The van der Waals surface area contributed by atoms with Gasteiger partial charge in [0.25, 0.3) is 5.91 Å². The molecule has 0 aromatic carbocycles. The first-order valence-corrected chi connectivity index (χ1v) is 7.10. The number of amides is 1. The van der Waals surface area contributed by atoms with Gasteiger partial charge in [0.15, 0.2) is 5.84 Å². The number of carbonyl (C=O) groups excluding carboxylic acids is 1. The highest BCUT2D eigenvalue weighted by Crippen LogP contribution is 2.33. The maximum Gasteiger partial charge on any atom is 0.252 e. The van der Waals surface area contributed by atoms with E-state index in [0.717, 1.165) is 15.7 Å². The fourth-order valence-corrected chi connectivity index (χ4v) is 2.91. The Kier molecular flexibility index (Phi) is 3.87. The molecule has 1 aliphatic rings. The van der Waals surface area contributed by atoms with Crippen LogP contribution in [0.25, 0.3) is 0 Å². The maximum absolute atomic E-state index is 11.9. The average Bonchev–Trinajstić information content (AvgIpc) is 3.06. The monoisotopic (exact) mass is 365 g/mol. The van der Waals surface area contributed by atoms with Crippen LogP contribution in [0, 0.1) is 8.80 Å². The normalized spacial score (nSPS) is 17.8. The van der Waals surface area contributed by atoms with Crippen molar-refractivity contribution in [3.05, 3.63) is 19.9 Å². The van der Waals surface area contributed by atoms with Crippen molar-refractivity contribution in [3.8, 4) is 0 Å². The van der Waals surface area contributed by atoms with Gasteiger partial charge in [-0.25, -0.2) is 0 Å². The quantitative estimate of drug-likeness (QED) is 0.249. The molecule has 0 saturated heterocycles. The van der Waals surface area contributed by atoms with E-state index in [1.165, 1.54) is 11.3 Å². The first kappa shape index (κ1) is 12.6. The van der Waals surface area contributed by atoms with Crippen molar-refractivity contribution in [2.24, 2.45) is 16.8 Å². The maximum atomic E-state index is 11.9. The molecule has 0 spiro atoms. The molecule has 7 heteroatoms. The molecule has 5 nitrogen and oxygen atoms in total. The summed E-state index contributed by atoms with van der Waals surface area (Å²) < 4.78 is 1.06. The van der Waals surface area contributed by atoms with Crippen molar-refractivity contribution in [2.75, 3.05) is 0 Å². The first-order chi connectivity index (χ1) is 8.11. The molecule has 1 aliphatic carbocycles. The molecule has 0 radical (unpaired) electrons. The summed E-state index contributed by atoms with van der Waals surface area (Å²) in [4.78, 5) is 11.9. The van der Waals surface area contributed by atoms with Gasteiger partial charge in [0.05, 0.1) is 14.5 Å². The lowest BCUT2D eigenvalue weighted by molar-refractivity contribution is 0.0943. The lowest BCUT2D eigenvalue weighted by Gasteiger charge is -2.15. The number of amidine groups is 1. The number of nitrogens with two attached hydrogens (primary N) is 1. The van der Waals surface area contributed by atoms with Crippen LogP contribution < -0.4 is 11.1 Å². The molecule has 1 heterocycles. The van der Waals surface area contributed by atoms with Crippen LogP contribution >= 0.6 is 33.9 Å². The van der Waals surface area contributed by atoms with Crippen LogP contribution in [-0.2, 0) is 0 Å². The average molecular weight is 365 g/mol. The van der Waals surface area contributed by atoms with Crippen molar-refractivity contribution in [1.82, 2.24) is 5.32 Å². The highest BCUT2D eigenvalue weighted by molar-refractivity contribution is 14.1. The van der Waals surface area contributed by atoms with E-state index in [2.05, 4.69) is 33.1 Å². The first-order valence-electron chi connectivity index (χ1n) is 5.14. The molecule has 1 amide bonds. The Bertz CT molecular complexity index is 456. The molecule has 4 N–H and O–H groups in total. The van der Waals surface area contributed by atoms with Gasteiger partial charge >= 0.3 is 0 Å². The zero-order valence-corrected chi connectivity index (χ0v) is 11.9. The Morgan fingerprint density at radius 3 is 2.88 bits per heavy atom. The molecule has 1 saturated carbocycles. The van der Waals surface area contributed by atoms with Gasteiger partial charge in [-0.05, 0) is 47.4 Å². The minimum Gasteiger partial charge on any atom is -0.409 e. The van der Waals surface area contributed by atoms with Crippen LogP contribution in [0.4, 0.5) is 0 Å². The number of oxime groups is 1. The Hall–Kier alpha value is -0.830. The van der Waals surface area contributed by atoms with E-state index < -0.39 is 0 Å². The summed E-state index contributed by atoms with van der Waals surface area (Å²) in [6.45, 7) is 0. The molecule has 17 heavy (non-hydrogen) atoms. The predicted molar refractivity (Wildman–Crippen MR) is 74.4 cm³/mol. The van der Waals surface area contributed by atoms with E-state index in [4.69, 9.17) is 10.9 Å². The van der Waals surface area contributed by atoms with Crippen LogP contribution in [0.5, 0.6) is 0 Å². The Balaban J connectivity index is 2.05. The number of thiophene rings is 1. The number of nitrogens with one attached hydrogen (secondary N) is 1. The number of hydrogen-bond donors (Lipinski definition) is 3. The van der Waals surface area contributed by atoms with E-state index >= 15 is 0 Å². The van der Waals surface area contributed by atoms with Gasteiger partial charge in [-0.1, -0.05) is 5.16 Å². The third kappa shape index (κ3) is 3.09. The van der Waals surface area contributed by atoms with Crippen molar-refractivity contribution >= 4 is 45.7 Å². The molecule has 2 rings (SSSR count). The van der Waals surface area contributed by atoms with E-state index in [1.54, 1.807) is 5.38 Å². The lowest BCUT2D eigenvalue weighted by atomic mass is 10.1. The Morgan fingerprint density at radius 2 is 2.41 bits per heavy atom. The van der Waals surface area contributed by atoms with Crippen molar-refractivity contribution in [2.45, 2.75) is 18.9 Å². The van der Waals surface area contributed by atoms with Gasteiger partial charge in [0, 0.05) is 5.38 Å². The third-order valence-corrected chi connectivity index (χ3v) is 4.43. The second kappa shape index (κ2) is 5.21. The van der Waals surface area contributed by atoms with Crippen LogP contribution in [0.15, 0.2) is 16.6 Å². The number of nitrogens with zero attached hydrogens (tertiary/aromatic N) is 1. The SMILES string of the molecule is NC(=NO)C(NC(=O)c1csc(I)c1)C1CC1. The van der Waals surface area contributed by atoms with Crippen LogP contribution in [-0.4, -0.2) is 23.0 Å². The largest absolute Gasteiger partial charge is 0.409 e. The summed E-state index contributed by atoms with van der Waals surface area (Å²) in [5, 5.41) is 16.3. The molecule has 1 aromatic rings. The summed E-state index contributed by atoms with van der Waals surface area (Å²) in [6.07, 6.45) is 2.00. The number of rotatable bonds is 4. The fourth-order valence-electron chi connectivity index (χ4n) is 1.58. The lowest BCUT2D eigenvalue weighted by Crippen LogP contribution is -2.46. The minimum absolute atomic E-state index is 0.0748. The fraction of sp³-hybridized carbons (Fsp3) is 0.400. The molecule has 0 aliphatic heterocycles. The summed E-state index contributed by atoms with van der Waals surface area (Å²) in [6, 6.07) is 1.46. The molecule has 1 fully saturated rings. The Morgan fingerprint density at radius 1 is 1.71 bits per heavy atom. The zero-order chi connectivity index (χ0) is 12.4. The second-order valence-electron chi connectivity index (χ2n) is 3.95.